The summed E-state index contributed by atoms with van der Waals surface area (Å²) in [7, 11) is 0. The number of para-hydroxylation sites is 1. The van der Waals surface area contributed by atoms with Crippen molar-refractivity contribution in [2.45, 2.75) is 6.54 Å². The highest BCUT2D eigenvalue weighted by Crippen LogP contribution is 2.25. The Morgan fingerprint density at radius 1 is 0.897 bits per heavy atom. The van der Waals surface area contributed by atoms with Crippen LogP contribution in [0.15, 0.2) is 78.9 Å². The van der Waals surface area contributed by atoms with Gasteiger partial charge in [-0.15, -0.1) is 0 Å². The highest BCUT2D eigenvalue weighted by Gasteiger charge is 2.12. The number of benzene rings is 3. The molecule has 4 rings (SSSR count). The van der Waals surface area contributed by atoms with Crippen LogP contribution in [0, 0.1) is 0 Å². The largest absolute Gasteiger partial charge is 0.478 e. The third-order valence-corrected chi connectivity index (χ3v) is 4.74. The first kappa shape index (κ1) is 20.8. The zero-order valence-electron chi connectivity index (χ0n) is 15.3. The predicted molar refractivity (Wildman–Crippen MR) is 118 cm³/mol. The lowest BCUT2D eigenvalue weighted by molar-refractivity contribution is 0.0699. The molecule has 146 valence electrons. The summed E-state index contributed by atoms with van der Waals surface area (Å²) in [5.41, 5.74) is 8.84. The number of hydrogen-bond donors (Lipinski definition) is 2. The van der Waals surface area contributed by atoms with E-state index in [4.69, 9.17) is 28.9 Å². The second-order valence-electron chi connectivity index (χ2n) is 6.21. The van der Waals surface area contributed by atoms with Gasteiger partial charge in [0, 0.05) is 27.5 Å². The topological polar surface area (TPSA) is 76.2 Å². The molecule has 0 saturated heterocycles. The maximum Gasteiger partial charge on any atom is 0.336 e. The average Bonchev–Trinajstić information content (AvgIpc) is 2.74. The van der Waals surface area contributed by atoms with Crippen molar-refractivity contribution in [1.29, 1.82) is 0 Å². The lowest BCUT2D eigenvalue weighted by atomic mass is 10.0. The normalized spacial score (nSPS) is 10.3. The number of carboxylic acid groups (broad SMARTS) is 1. The number of fused-ring (bicyclic) bond motifs is 1. The molecule has 0 atom stereocenters. The molecule has 1 aromatic heterocycles. The number of nitrogens with zero attached hydrogens (tertiary/aromatic N) is 1. The summed E-state index contributed by atoms with van der Waals surface area (Å²) in [5.74, 6) is -0.959. The van der Waals surface area contributed by atoms with E-state index in [2.05, 4.69) is 4.98 Å². The molecule has 0 spiro atoms. The zero-order chi connectivity index (χ0) is 20.8. The van der Waals surface area contributed by atoms with Gasteiger partial charge in [0.15, 0.2) is 0 Å². The molecule has 4 nitrogen and oxygen atoms in total. The van der Waals surface area contributed by atoms with Gasteiger partial charge in [-0.05, 0) is 42.0 Å². The SMILES string of the molecule is NCc1ccc(Cl)cc1.O=C(O)c1cc(-c2ccc(Cl)cc2)nc2ccccc12. The second-order valence-corrected chi connectivity index (χ2v) is 7.09. The molecule has 4 aromatic rings. The van der Waals surface area contributed by atoms with Crippen LogP contribution in [-0.4, -0.2) is 16.1 Å². The molecule has 0 amide bonds. The Kier molecular flexibility index (Phi) is 6.83. The third-order valence-electron chi connectivity index (χ3n) is 4.24. The van der Waals surface area contributed by atoms with E-state index in [1.165, 1.54) is 0 Å². The van der Waals surface area contributed by atoms with Crippen LogP contribution in [0.25, 0.3) is 22.2 Å². The Hall–Kier alpha value is -2.92. The Morgan fingerprint density at radius 2 is 1.48 bits per heavy atom. The van der Waals surface area contributed by atoms with Gasteiger partial charge in [0.2, 0.25) is 0 Å². The number of carboxylic acids is 1. The molecular formula is C23H18Cl2N2O2. The minimum atomic E-state index is -0.959. The molecule has 0 aliphatic carbocycles. The Balaban J connectivity index is 0.000000224. The minimum absolute atomic E-state index is 0.251. The monoisotopic (exact) mass is 424 g/mol. The number of aromatic nitrogens is 1. The van der Waals surface area contributed by atoms with Gasteiger partial charge in [0.1, 0.15) is 0 Å². The van der Waals surface area contributed by atoms with E-state index >= 15 is 0 Å². The van der Waals surface area contributed by atoms with Gasteiger partial charge in [-0.1, -0.05) is 65.7 Å². The smallest absolute Gasteiger partial charge is 0.336 e. The van der Waals surface area contributed by atoms with Gasteiger partial charge in [0.05, 0.1) is 16.8 Å². The highest BCUT2D eigenvalue weighted by molar-refractivity contribution is 6.30. The van der Waals surface area contributed by atoms with Crippen LogP contribution < -0.4 is 5.73 Å². The van der Waals surface area contributed by atoms with E-state index < -0.39 is 5.97 Å². The van der Waals surface area contributed by atoms with Crippen molar-refractivity contribution >= 4 is 40.1 Å². The van der Waals surface area contributed by atoms with Crippen LogP contribution in [0.1, 0.15) is 15.9 Å². The molecule has 0 aliphatic rings. The summed E-state index contributed by atoms with van der Waals surface area (Å²) in [6.07, 6.45) is 0. The van der Waals surface area contributed by atoms with Crippen LogP contribution in [-0.2, 0) is 6.54 Å². The molecule has 0 unspecified atom stereocenters. The van der Waals surface area contributed by atoms with E-state index in [9.17, 15) is 9.90 Å². The molecule has 0 aliphatic heterocycles. The maximum atomic E-state index is 11.4. The molecule has 6 heteroatoms. The molecule has 1 heterocycles. The van der Waals surface area contributed by atoms with Crippen LogP contribution in [0.2, 0.25) is 10.0 Å². The fourth-order valence-electron chi connectivity index (χ4n) is 2.74. The van der Waals surface area contributed by atoms with Crippen LogP contribution in [0.5, 0.6) is 0 Å². The number of halogens is 2. The fraction of sp³-hybridized carbons (Fsp3) is 0.0435. The lowest BCUT2D eigenvalue weighted by Gasteiger charge is -2.07. The van der Waals surface area contributed by atoms with Gasteiger partial charge in [-0.2, -0.15) is 0 Å². The summed E-state index contributed by atoms with van der Waals surface area (Å²) in [6, 6.07) is 23.5. The van der Waals surface area contributed by atoms with Crippen molar-refractivity contribution < 1.29 is 9.90 Å². The van der Waals surface area contributed by atoms with Gasteiger partial charge < -0.3 is 10.8 Å². The molecule has 0 saturated carbocycles. The molecular weight excluding hydrogens is 407 g/mol. The van der Waals surface area contributed by atoms with E-state index in [1.807, 2.05) is 42.5 Å². The number of rotatable bonds is 3. The summed E-state index contributed by atoms with van der Waals surface area (Å²) < 4.78 is 0. The minimum Gasteiger partial charge on any atom is -0.478 e. The van der Waals surface area contributed by atoms with Gasteiger partial charge >= 0.3 is 5.97 Å². The van der Waals surface area contributed by atoms with Crippen molar-refractivity contribution in [1.82, 2.24) is 4.98 Å². The predicted octanol–water partition coefficient (Wildman–Crippen LogP) is 6.05. The molecule has 29 heavy (non-hydrogen) atoms. The van der Waals surface area contributed by atoms with Gasteiger partial charge in [-0.25, -0.2) is 9.78 Å². The number of pyridine rings is 1. The lowest BCUT2D eigenvalue weighted by Crippen LogP contribution is -2.00. The molecule has 3 aromatic carbocycles. The Morgan fingerprint density at radius 3 is 2.07 bits per heavy atom. The molecule has 0 radical (unpaired) electrons. The van der Waals surface area contributed by atoms with Crippen LogP contribution >= 0.6 is 23.2 Å². The first-order valence-electron chi connectivity index (χ1n) is 8.81. The third kappa shape index (κ3) is 5.33. The summed E-state index contributed by atoms with van der Waals surface area (Å²) in [6.45, 7) is 0.581. The average molecular weight is 425 g/mol. The second kappa shape index (κ2) is 9.52. The van der Waals surface area contributed by atoms with Crippen LogP contribution in [0.3, 0.4) is 0 Å². The highest BCUT2D eigenvalue weighted by atomic mass is 35.5. The summed E-state index contributed by atoms with van der Waals surface area (Å²) >= 11 is 11.5. The van der Waals surface area contributed by atoms with Crippen molar-refractivity contribution in [3.05, 3.63) is 100 Å². The van der Waals surface area contributed by atoms with Crippen molar-refractivity contribution in [2.75, 3.05) is 0 Å². The maximum absolute atomic E-state index is 11.4. The Labute approximate surface area is 178 Å². The fourth-order valence-corrected chi connectivity index (χ4v) is 2.99. The van der Waals surface area contributed by atoms with Crippen LogP contribution in [0.4, 0.5) is 0 Å². The van der Waals surface area contributed by atoms with Gasteiger partial charge in [0.25, 0.3) is 0 Å². The van der Waals surface area contributed by atoms with E-state index in [-0.39, 0.29) is 5.56 Å². The number of aromatic carboxylic acids is 1. The number of hydrogen-bond acceptors (Lipinski definition) is 3. The molecule has 0 bridgehead atoms. The quantitative estimate of drug-likeness (QED) is 0.419. The van der Waals surface area contributed by atoms with Gasteiger partial charge in [-0.3, -0.25) is 0 Å². The summed E-state index contributed by atoms with van der Waals surface area (Å²) in [4.78, 5) is 15.9. The van der Waals surface area contributed by atoms with E-state index in [0.29, 0.717) is 28.2 Å². The first-order chi connectivity index (χ1) is 14.0. The van der Waals surface area contributed by atoms with Crippen molar-refractivity contribution in [2.24, 2.45) is 5.73 Å². The zero-order valence-corrected chi connectivity index (χ0v) is 16.9. The molecule has 3 N–H and O–H groups in total. The van der Waals surface area contributed by atoms with Crippen molar-refractivity contribution in [3.63, 3.8) is 0 Å². The molecule has 0 fully saturated rings. The van der Waals surface area contributed by atoms with Crippen molar-refractivity contribution in [3.8, 4) is 11.3 Å². The number of carbonyl (C=O) groups is 1. The standard InChI is InChI=1S/C16H10ClNO2.C7H8ClN/c17-11-7-5-10(6-8-11)15-9-13(16(19)20)12-3-1-2-4-14(12)18-15;8-7-3-1-6(5-9)2-4-7/h1-9H,(H,19,20);1-4H,5,9H2. The Bertz CT molecular complexity index is 1130. The summed E-state index contributed by atoms with van der Waals surface area (Å²) in [5, 5.41) is 11.4. The van der Waals surface area contributed by atoms with E-state index in [1.54, 1.807) is 36.4 Å². The number of nitrogens with two attached hydrogens (primary N) is 1. The first-order valence-corrected chi connectivity index (χ1v) is 9.57. The van der Waals surface area contributed by atoms with E-state index in [0.717, 1.165) is 16.1 Å².